The van der Waals surface area contributed by atoms with E-state index in [9.17, 15) is 9.18 Å². The molecule has 3 aliphatic rings. The molecule has 1 aromatic carbocycles. The third kappa shape index (κ3) is 3.66. The SMILES string of the molecule is O=C(NC1CCCC1)N1C[C@@H](COc2cnccn2)[C@@H]2COc3ccc(F)cc3[C@@H]21. The van der Waals surface area contributed by atoms with Gasteiger partial charge in [0.15, 0.2) is 0 Å². The van der Waals surface area contributed by atoms with Crippen LogP contribution in [0.25, 0.3) is 0 Å². The highest BCUT2D eigenvalue weighted by Crippen LogP contribution is 2.47. The lowest BCUT2D eigenvalue weighted by Gasteiger charge is -2.34. The quantitative estimate of drug-likeness (QED) is 0.834. The maximum atomic E-state index is 14.1. The number of carbonyl (C=O) groups is 1. The monoisotopic (exact) mass is 412 g/mol. The Morgan fingerprint density at radius 2 is 2.17 bits per heavy atom. The fourth-order valence-corrected chi connectivity index (χ4v) is 4.95. The molecule has 1 N–H and O–H groups in total. The molecule has 0 radical (unpaired) electrons. The topological polar surface area (TPSA) is 76.6 Å². The maximum absolute atomic E-state index is 14.1. The molecule has 0 spiro atoms. The van der Waals surface area contributed by atoms with Gasteiger partial charge in [-0.25, -0.2) is 14.2 Å². The van der Waals surface area contributed by atoms with Crippen molar-refractivity contribution in [2.45, 2.75) is 37.8 Å². The third-order valence-corrected chi connectivity index (χ3v) is 6.43. The Labute approximate surface area is 174 Å². The van der Waals surface area contributed by atoms with Crippen molar-refractivity contribution in [2.75, 3.05) is 19.8 Å². The molecule has 2 amide bonds. The van der Waals surface area contributed by atoms with Crippen LogP contribution in [0.5, 0.6) is 11.6 Å². The van der Waals surface area contributed by atoms with Crippen LogP contribution in [0.15, 0.2) is 36.8 Å². The summed E-state index contributed by atoms with van der Waals surface area (Å²) in [4.78, 5) is 23.2. The van der Waals surface area contributed by atoms with Gasteiger partial charge < -0.3 is 19.7 Å². The van der Waals surface area contributed by atoms with Crippen LogP contribution >= 0.6 is 0 Å². The number of hydrogen-bond acceptors (Lipinski definition) is 5. The summed E-state index contributed by atoms with van der Waals surface area (Å²) in [6.45, 7) is 1.37. The van der Waals surface area contributed by atoms with E-state index in [2.05, 4.69) is 15.3 Å². The highest BCUT2D eigenvalue weighted by molar-refractivity contribution is 5.76. The van der Waals surface area contributed by atoms with Gasteiger partial charge in [0.2, 0.25) is 5.88 Å². The number of nitrogens with one attached hydrogen (secondary N) is 1. The summed E-state index contributed by atoms with van der Waals surface area (Å²) in [5.41, 5.74) is 0.731. The summed E-state index contributed by atoms with van der Waals surface area (Å²) >= 11 is 0. The van der Waals surface area contributed by atoms with Crippen LogP contribution in [0.3, 0.4) is 0 Å². The highest BCUT2D eigenvalue weighted by atomic mass is 19.1. The lowest BCUT2D eigenvalue weighted by Crippen LogP contribution is -2.45. The van der Waals surface area contributed by atoms with E-state index in [4.69, 9.17) is 9.47 Å². The van der Waals surface area contributed by atoms with Crippen molar-refractivity contribution in [3.63, 3.8) is 0 Å². The average molecular weight is 412 g/mol. The van der Waals surface area contributed by atoms with Crippen LogP contribution in [0, 0.1) is 17.7 Å². The van der Waals surface area contributed by atoms with Gasteiger partial charge in [-0.2, -0.15) is 0 Å². The first-order valence-corrected chi connectivity index (χ1v) is 10.6. The number of likely N-dealkylation sites (tertiary alicyclic amines) is 1. The zero-order chi connectivity index (χ0) is 20.5. The Hall–Kier alpha value is -2.90. The number of hydrogen-bond donors (Lipinski definition) is 1. The van der Waals surface area contributed by atoms with Gasteiger partial charge in [-0.15, -0.1) is 0 Å². The highest BCUT2D eigenvalue weighted by Gasteiger charge is 2.48. The molecule has 30 heavy (non-hydrogen) atoms. The minimum Gasteiger partial charge on any atom is -0.493 e. The van der Waals surface area contributed by atoms with Crippen molar-refractivity contribution < 1.29 is 18.7 Å². The second kappa shape index (κ2) is 8.08. The van der Waals surface area contributed by atoms with Crippen LogP contribution in [0.2, 0.25) is 0 Å². The number of nitrogens with zero attached hydrogens (tertiary/aromatic N) is 3. The molecule has 2 aliphatic heterocycles. The fourth-order valence-electron chi connectivity index (χ4n) is 4.95. The summed E-state index contributed by atoms with van der Waals surface area (Å²) in [7, 11) is 0. The standard InChI is InChI=1S/C22H25FN4O3/c23-15-5-6-19-17(9-15)21-18(13-29-19)14(12-30-20-10-24-7-8-25-20)11-27(21)22(28)26-16-3-1-2-4-16/h5-10,14,16,18,21H,1-4,11-13H2,(H,26,28)/t14-,18-,21-/m0/s1. The Balaban J connectivity index is 1.39. The first-order valence-electron chi connectivity index (χ1n) is 10.6. The zero-order valence-corrected chi connectivity index (χ0v) is 16.7. The van der Waals surface area contributed by atoms with Gasteiger partial charge in [-0.1, -0.05) is 12.8 Å². The van der Waals surface area contributed by atoms with Gasteiger partial charge in [-0.3, -0.25) is 4.98 Å². The molecule has 1 aromatic heterocycles. The second-order valence-electron chi connectivity index (χ2n) is 8.30. The second-order valence-corrected chi connectivity index (χ2v) is 8.30. The normalized spacial score (nSPS) is 25.4. The van der Waals surface area contributed by atoms with Crippen LogP contribution in [-0.2, 0) is 0 Å². The van der Waals surface area contributed by atoms with E-state index in [0.717, 1.165) is 31.2 Å². The van der Waals surface area contributed by atoms with Gasteiger partial charge >= 0.3 is 6.03 Å². The predicted octanol–water partition coefficient (Wildman–Crippen LogP) is 3.33. The molecule has 5 rings (SSSR count). The third-order valence-electron chi connectivity index (χ3n) is 6.43. The molecule has 1 saturated heterocycles. The molecule has 0 unspecified atom stereocenters. The molecular formula is C22H25FN4O3. The Morgan fingerprint density at radius 1 is 1.30 bits per heavy atom. The van der Waals surface area contributed by atoms with Crippen molar-refractivity contribution in [3.05, 3.63) is 48.2 Å². The number of benzene rings is 1. The maximum Gasteiger partial charge on any atom is 0.318 e. The predicted molar refractivity (Wildman–Crippen MR) is 107 cm³/mol. The van der Waals surface area contributed by atoms with E-state index in [1.165, 1.54) is 12.1 Å². The van der Waals surface area contributed by atoms with Crippen LogP contribution in [0.4, 0.5) is 9.18 Å². The largest absolute Gasteiger partial charge is 0.493 e. The van der Waals surface area contributed by atoms with Crippen molar-refractivity contribution in [1.82, 2.24) is 20.2 Å². The van der Waals surface area contributed by atoms with E-state index in [1.807, 2.05) is 4.90 Å². The smallest absolute Gasteiger partial charge is 0.318 e. The number of halogens is 1. The summed E-state index contributed by atoms with van der Waals surface area (Å²) < 4.78 is 25.8. The van der Waals surface area contributed by atoms with Crippen molar-refractivity contribution in [3.8, 4) is 11.6 Å². The van der Waals surface area contributed by atoms with Crippen molar-refractivity contribution in [2.24, 2.45) is 11.8 Å². The molecule has 2 fully saturated rings. The molecule has 1 saturated carbocycles. The number of aromatic nitrogens is 2. The Morgan fingerprint density at radius 3 is 2.97 bits per heavy atom. The average Bonchev–Trinajstić information content (AvgIpc) is 3.40. The molecule has 1 aliphatic carbocycles. The molecule has 2 aromatic rings. The number of amides is 2. The number of fused-ring (bicyclic) bond motifs is 3. The van der Waals surface area contributed by atoms with E-state index in [0.29, 0.717) is 31.4 Å². The lowest BCUT2D eigenvalue weighted by atomic mass is 9.85. The van der Waals surface area contributed by atoms with E-state index in [1.54, 1.807) is 24.7 Å². The van der Waals surface area contributed by atoms with Gasteiger partial charge in [0.05, 0.1) is 25.5 Å². The van der Waals surface area contributed by atoms with Crippen LogP contribution in [-0.4, -0.2) is 46.7 Å². The lowest BCUT2D eigenvalue weighted by molar-refractivity contribution is 0.125. The first-order chi connectivity index (χ1) is 14.7. The van der Waals surface area contributed by atoms with E-state index in [-0.39, 0.29) is 35.8 Å². The minimum absolute atomic E-state index is 0.0188. The summed E-state index contributed by atoms with van der Waals surface area (Å²) in [5, 5.41) is 3.18. The molecule has 158 valence electrons. The first kappa shape index (κ1) is 19.1. The van der Waals surface area contributed by atoms with E-state index < -0.39 is 0 Å². The Bertz CT molecular complexity index is 907. The van der Waals surface area contributed by atoms with Crippen LogP contribution < -0.4 is 14.8 Å². The molecule has 7 nitrogen and oxygen atoms in total. The zero-order valence-electron chi connectivity index (χ0n) is 16.7. The number of carbonyl (C=O) groups excluding carboxylic acids is 1. The number of ether oxygens (including phenoxy) is 2. The van der Waals surface area contributed by atoms with Crippen LogP contribution in [0.1, 0.15) is 37.3 Å². The summed E-state index contributed by atoms with van der Waals surface area (Å²) in [6.07, 6.45) is 9.06. The fraction of sp³-hybridized carbons (Fsp3) is 0.500. The van der Waals surface area contributed by atoms with Gasteiger partial charge in [0.25, 0.3) is 0 Å². The molecular weight excluding hydrogens is 387 g/mol. The Kier molecular flexibility index (Phi) is 5.14. The minimum atomic E-state index is -0.326. The summed E-state index contributed by atoms with van der Waals surface area (Å²) in [6, 6.07) is 4.44. The summed E-state index contributed by atoms with van der Waals surface area (Å²) in [5.74, 6) is 0.833. The molecule has 3 heterocycles. The van der Waals surface area contributed by atoms with Gasteiger partial charge in [-0.05, 0) is 31.0 Å². The molecule has 0 bridgehead atoms. The van der Waals surface area contributed by atoms with Gasteiger partial charge in [0.1, 0.15) is 11.6 Å². The molecule has 3 atom stereocenters. The van der Waals surface area contributed by atoms with Gasteiger partial charge in [0, 0.05) is 42.4 Å². The number of urea groups is 1. The van der Waals surface area contributed by atoms with E-state index >= 15 is 0 Å². The molecule has 8 heteroatoms. The van der Waals surface area contributed by atoms with Crippen molar-refractivity contribution in [1.29, 1.82) is 0 Å². The number of rotatable bonds is 4. The van der Waals surface area contributed by atoms with Crippen molar-refractivity contribution >= 4 is 6.03 Å².